The van der Waals surface area contributed by atoms with E-state index in [1.807, 2.05) is 30.3 Å². The third kappa shape index (κ3) is 3.90. The van der Waals surface area contributed by atoms with Crippen LogP contribution in [0.1, 0.15) is 44.0 Å². The number of hydrogen-bond acceptors (Lipinski definition) is 1. The van der Waals surface area contributed by atoms with E-state index in [4.69, 9.17) is 0 Å². The molecule has 0 saturated heterocycles. The standard InChI is InChI=1S/C17H19BrO/c1-17(2,3)9-8-16(19)14-5-4-13-11-15(18)7-6-12(13)10-14/h4-7,10-11H,8-9H2,1-3H3. The number of hydrogen-bond donors (Lipinski definition) is 0. The number of benzene rings is 2. The predicted molar refractivity (Wildman–Crippen MR) is 84.7 cm³/mol. The van der Waals surface area contributed by atoms with Gasteiger partial charge < -0.3 is 0 Å². The molecule has 0 aliphatic rings. The van der Waals surface area contributed by atoms with Crippen LogP contribution < -0.4 is 0 Å². The second-order valence-electron chi connectivity index (χ2n) is 6.19. The van der Waals surface area contributed by atoms with Crippen molar-refractivity contribution in [2.75, 3.05) is 0 Å². The summed E-state index contributed by atoms with van der Waals surface area (Å²) >= 11 is 3.46. The SMILES string of the molecule is CC(C)(C)CCC(=O)c1ccc2cc(Br)ccc2c1. The van der Waals surface area contributed by atoms with Crippen LogP contribution in [0.2, 0.25) is 0 Å². The van der Waals surface area contributed by atoms with Gasteiger partial charge in [0.05, 0.1) is 0 Å². The number of fused-ring (bicyclic) bond motifs is 1. The molecular weight excluding hydrogens is 300 g/mol. The molecule has 1 nitrogen and oxygen atoms in total. The number of ketones is 1. The van der Waals surface area contributed by atoms with Gasteiger partial charge in [0.15, 0.2) is 5.78 Å². The summed E-state index contributed by atoms with van der Waals surface area (Å²) in [6.45, 7) is 6.49. The Labute approximate surface area is 123 Å². The van der Waals surface area contributed by atoms with Crippen LogP contribution in [0.4, 0.5) is 0 Å². The summed E-state index contributed by atoms with van der Waals surface area (Å²) < 4.78 is 1.06. The molecule has 2 heteroatoms. The first-order valence-electron chi connectivity index (χ1n) is 6.58. The summed E-state index contributed by atoms with van der Waals surface area (Å²) in [4.78, 5) is 12.2. The van der Waals surface area contributed by atoms with Crippen molar-refractivity contribution in [3.8, 4) is 0 Å². The van der Waals surface area contributed by atoms with E-state index >= 15 is 0 Å². The summed E-state index contributed by atoms with van der Waals surface area (Å²) in [7, 11) is 0. The van der Waals surface area contributed by atoms with Crippen LogP contribution >= 0.6 is 15.9 Å². The molecule has 0 radical (unpaired) electrons. The number of rotatable bonds is 3. The zero-order chi connectivity index (χ0) is 14.0. The quantitative estimate of drug-likeness (QED) is 0.672. The Balaban J connectivity index is 2.21. The van der Waals surface area contributed by atoms with Crippen molar-refractivity contribution in [3.63, 3.8) is 0 Å². The number of halogens is 1. The van der Waals surface area contributed by atoms with Crippen molar-refractivity contribution in [1.82, 2.24) is 0 Å². The van der Waals surface area contributed by atoms with Crippen LogP contribution in [0, 0.1) is 5.41 Å². The molecule has 2 rings (SSSR count). The molecule has 0 atom stereocenters. The van der Waals surface area contributed by atoms with Gasteiger partial charge in [0, 0.05) is 16.5 Å². The van der Waals surface area contributed by atoms with Gasteiger partial charge in [0.25, 0.3) is 0 Å². The average molecular weight is 319 g/mol. The number of carbonyl (C=O) groups is 1. The molecule has 0 heterocycles. The zero-order valence-corrected chi connectivity index (χ0v) is 13.3. The molecule has 100 valence electrons. The van der Waals surface area contributed by atoms with E-state index in [-0.39, 0.29) is 11.2 Å². The molecule has 0 spiro atoms. The van der Waals surface area contributed by atoms with E-state index < -0.39 is 0 Å². The van der Waals surface area contributed by atoms with Crippen molar-refractivity contribution in [2.24, 2.45) is 5.41 Å². The maximum Gasteiger partial charge on any atom is 0.162 e. The van der Waals surface area contributed by atoms with Crippen LogP contribution in [0.5, 0.6) is 0 Å². The van der Waals surface area contributed by atoms with Gasteiger partial charge in [-0.1, -0.05) is 54.9 Å². The van der Waals surface area contributed by atoms with Gasteiger partial charge in [-0.25, -0.2) is 0 Å². The fourth-order valence-corrected chi connectivity index (χ4v) is 2.40. The lowest BCUT2D eigenvalue weighted by Crippen LogP contribution is -2.09. The lowest BCUT2D eigenvalue weighted by molar-refractivity contribution is 0.0966. The Morgan fingerprint density at radius 1 is 1.05 bits per heavy atom. The molecule has 0 unspecified atom stereocenters. The van der Waals surface area contributed by atoms with Crippen LogP contribution in [0.25, 0.3) is 10.8 Å². The minimum absolute atomic E-state index is 0.206. The van der Waals surface area contributed by atoms with Crippen LogP contribution in [-0.2, 0) is 0 Å². The van der Waals surface area contributed by atoms with Gasteiger partial charge in [-0.15, -0.1) is 0 Å². The fraction of sp³-hybridized carbons (Fsp3) is 0.353. The highest BCUT2D eigenvalue weighted by Gasteiger charge is 2.14. The van der Waals surface area contributed by atoms with Crippen LogP contribution in [0.3, 0.4) is 0 Å². The lowest BCUT2D eigenvalue weighted by atomic mass is 9.88. The third-order valence-corrected chi connectivity index (χ3v) is 3.72. The Kier molecular flexibility index (Phi) is 4.10. The molecule has 0 aromatic heterocycles. The summed E-state index contributed by atoms with van der Waals surface area (Å²) in [6, 6.07) is 12.1. The Morgan fingerprint density at radius 3 is 2.37 bits per heavy atom. The molecule has 0 amide bonds. The van der Waals surface area contributed by atoms with E-state index in [1.54, 1.807) is 0 Å². The predicted octanol–water partition coefficient (Wildman–Crippen LogP) is 5.61. The minimum Gasteiger partial charge on any atom is -0.294 e. The molecule has 0 N–H and O–H groups in total. The van der Waals surface area contributed by atoms with Gasteiger partial charge in [0.1, 0.15) is 0 Å². The second kappa shape index (κ2) is 5.46. The van der Waals surface area contributed by atoms with Crippen molar-refractivity contribution in [3.05, 3.63) is 46.4 Å². The number of Topliss-reactive ketones (excluding diaryl/α,β-unsaturated/α-hetero) is 1. The van der Waals surface area contributed by atoms with E-state index in [0.29, 0.717) is 6.42 Å². The average Bonchev–Trinajstić information content (AvgIpc) is 2.34. The first-order chi connectivity index (χ1) is 8.85. The topological polar surface area (TPSA) is 17.1 Å². The molecule has 0 aliphatic carbocycles. The van der Waals surface area contributed by atoms with Crippen molar-refractivity contribution in [2.45, 2.75) is 33.6 Å². The van der Waals surface area contributed by atoms with Crippen molar-refractivity contribution in [1.29, 1.82) is 0 Å². The van der Waals surface area contributed by atoms with Crippen molar-refractivity contribution >= 4 is 32.5 Å². The van der Waals surface area contributed by atoms with E-state index in [1.165, 1.54) is 0 Å². The maximum absolute atomic E-state index is 12.2. The van der Waals surface area contributed by atoms with E-state index in [0.717, 1.165) is 27.2 Å². The van der Waals surface area contributed by atoms with Crippen LogP contribution in [0.15, 0.2) is 40.9 Å². The first kappa shape index (κ1) is 14.3. The third-order valence-electron chi connectivity index (χ3n) is 3.23. The monoisotopic (exact) mass is 318 g/mol. The normalized spacial score (nSPS) is 11.8. The lowest BCUT2D eigenvalue weighted by Gasteiger charge is -2.17. The highest BCUT2D eigenvalue weighted by atomic mass is 79.9. The maximum atomic E-state index is 12.2. The smallest absolute Gasteiger partial charge is 0.162 e. The summed E-state index contributed by atoms with van der Waals surface area (Å²) in [6.07, 6.45) is 1.54. The fourth-order valence-electron chi connectivity index (χ4n) is 2.02. The second-order valence-corrected chi connectivity index (χ2v) is 7.11. The first-order valence-corrected chi connectivity index (χ1v) is 7.37. The molecule has 19 heavy (non-hydrogen) atoms. The highest BCUT2D eigenvalue weighted by molar-refractivity contribution is 9.10. The molecule has 2 aromatic rings. The summed E-state index contributed by atoms with van der Waals surface area (Å²) in [5.41, 5.74) is 1.02. The molecule has 0 fully saturated rings. The van der Waals surface area contributed by atoms with Gasteiger partial charge in [-0.05, 0) is 40.8 Å². The van der Waals surface area contributed by atoms with Gasteiger partial charge in [-0.3, -0.25) is 4.79 Å². The number of carbonyl (C=O) groups excluding carboxylic acids is 1. The Hall–Kier alpha value is -1.15. The molecule has 2 aromatic carbocycles. The zero-order valence-electron chi connectivity index (χ0n) is 11.7. The largest absolute Gasteiger partial charge is 0.294 e. The Morgan fingerprint density at radius 2 is 1.68 bits per heavy atom. The highest BCUT2D eigenvalue weighted by Crippen LogP contribution is 2.24. The van der Waals surface area contributed by atoms with Gasteiger partial charge >= 0.3 is 0 Å². The van der Waals surface area contributed by atoms with Gasteiger partial charge in [0.2, 0.25) is 0 Å². The minimum atomic E-state index is 0.206. The summed E-state index contributed by atoms with van der Waals surface area (Å²) in [5.74, 6) is 0.236. The van der Waals surface area contributed by atoms with Crippen LogP contribution in [-0.4, -0.2) is 5.78 Å². The van der Waals surface area contributed by atoms with E-state index in [9.17, 15) is 4.79 Å². The van der Waals surface area contributed by atoms with Crippen molar-refractivity contribution < 1.29 is 4.79 Å². The van der Waals surface area contributed by atoms with E-state index in [2.05, 4.69) is 42.8 Å². The summed E-state index contributed by atoms with van der Waals surface area (Å²) in [5, 5.41) is 2.27. The molecule has 0 saturated carbocycles. The molecular formula is C17H19BrO. The Bertz CT molecular complexity index is 608. The molecule has 0 aliphatic heterocycles. The van der Waals surface area contributed by atoms with Gasteiger partial charge in [-0.2, -0.15) is 0 Å². The molecule has 0 bridgehead atoms.